The second-order valence-corrected chi connectivity index (χ2v) is 7.55. The lowest BCUT2D eigenvalue weighted by Crippen LogP contribution is -2.42. The molecule has 1 aromatic carbocycles. The zero-order valence-corrected chi connectivity index (χ0v) is 11.7. The van der Waals surface area contributed by atoms with Gasteiger partial charge in [0.15, 0.2) is 9.84 Å². The van der Waals surface area contributed by atoms with Crippen LogP contribution in [0.15, 0.2) is 24.3 Å². The maximum atomic E-state index is 11.7. The smallest absolute Gasteiger partial charge is 0.154 e. The summed E-state index contributed by atoms with van der Waals surface area (Å²) >= 11 is 0. The largest absolute Gasteiger partial charge is 0.323 e. The van der Waals surface area contributed by atoms with Crippen molar-refractivity contribution in [2.75, 3.05) is 6.26 Å². The Balaban J connectivity index is 3.16. The average molecular weight is 255 g/mol. The summed E-state index contributed by atoms with van der Waals surface area (Å²) in [7, 11) is -3.19. The van der Waals surface area contributed by atoms with Gasteiger partial charge in [0.25, 0.3) is 0 Å². The van der Waals surface area contributed by atoms with Gasteiger partial charge in [0.2, 0.25) is 0 Å². The molecule has 0 aliphatic rings. The Hall–Kier alpha value is -0.870. The molecule has 0 radical (unpaired) electrons. The van der Waals surface area contributed by atoms with Crippen LogP contribution in [0.2, 0.25) is 0 Å². The number of hydrogen-bond acceptors (Lipinski definition) is 3. The zero-order valence-electron chi connectivity index (χ0n) is 10.9. The Kier molecular flexibility index (Phi) is 3.99. The predicted molar refractivity (Wildman–Crippen MR) is 71.7 cm³/mol. The average Bonchev–Trinajstić information content (AvgIpc) is 2.26. The van der Waals surface area contributed by atoms with Crippen molar-refractivity contribution in [2.45, 2.75) is 38.0 Å². The summed E-state index contributed by atoms with van der Waals surface area (Å²) in [5, 5.41) is 0. The van der Waals surface area contributed by atoms with Gasteiger partial charge in [-0.3, -0.25) is 0 Å². The summed E-state index contributed by atoms with van der Waals surface area (Å²) in [6.07, 6.45) is 2.15. The molecule has 17 heavy (non-hydrogen) atoms. The highest BCUT2D eigenvalue weighted by atomic mass is 32.2. The van der Waals surface area contributed by atoms with Crippen molar-refractivity contribution >= 4 is 9.84 Å². The zero-order chi connectivity index (χ0) is 13.3. The van der Waals surface area contributed by atoms with Gasteiger partial charge in [-0.1, -0.05) is 31.2 Å². The number of benzene rings is 1. The molecule has 0 bridgehead atoms. The lowest BCUT2D eigenvalue weighted by atomic mass is 9.94. The molecule has 2 N–H and O–H groups in total. The number of hydrogen-bond donors (Lipinski definition) is 1. The molecule has 4 heteroatoms. The van der Waals surface area contributed by atoms with Gasteiger partial charge >= 0.3 is 0 Å². The minimum atomic E-state index is -3.19. The van der Waals surface area contributed by atoms with E-state index in [4.69, 9.17) is 5.73 Å². The molecule has 1 aromatic rings. The molecule has 1 atom stereocenters. The molecule has 0 saturated heterocycles. The minimum Gasteiger partial charge on any atom is -0.323 e. The summed E-state index contributed by atoms with van der Waals surface area (Å²) in [6, 6.07) is 7.30. The van der Waals surface area contributed by atoms with Gasteiger partial charge in [0, 0.05) is 12.3 Å². The third kappa shape index (κ3) is 2.87. The lowest BCUT2D eigenvalue weighted by Gasteiger charge is -2.30. The fourth-order valence-electron chi connectivity index (χ4n) is 1.64. The van der Waals surface area contributed by atoms with Crippen LogP contribution in [0.25, 0.3) is 0 Å². The Morgan fingerprint density at radius 3 is 2.41 bits per heavy atom. The molecular weight excluding hydrogens is 234 g/mol. The molecule has 1 rings (SSSR count). The SMILES string of the molecule is CCc1cccc(C(N)C(C)(C)S(C)(=O)=O)c1. The van der Waals surface area contributed by atoms with Crippen molar-refractivity contribution in [3.8, 4) is 0 Å². The molecule has 0 saturated carbocycles. The third-order valence-electron chi connectivity index (χ3n) is 3.42. The molecule has 0 heterocycles. The van der Waals surface area contributed by atoms with Crippen molar-refractivity contribution in [1.29, 1.82) is 0 Å². The van der Waals surface area contributed by atoms with E-state index in [-0.39, 0.29) is 0 Å². The molecule has 1 unspecified atom stereocenters. The van der Waals surface area contributed by atoms with Crippen LogP contribution in [0, 0.1) is 0 Å². The van der Waals surface area contributed by atoms with E-state index in [1.807, 2.05) is 24.3 Å². The van der Waals surface area contributed by atoms with Gasteiger partial charge < -0.3 is 5.73 Å². The van der Waals surface area contributed by atoms with Gasteiger partial charge in [-0.2, -0.15) is 0 Å². The third-order valence-corrected chi connectivity index (χ3v) is 5.59. The summed E-state index contributed by atoms with van der Waals surface area (Å²) in [5.41, 5.74) is 8.15. The number of rotatable bonds is 4. The van der Waals surface area contributed by atoms with Crippen LogP contribution in [0.5, 0.6) is 0 Å². The summed E-state index contributed by atoms with van der Waals surface area (Å²) in [6.45, 7) is 5.41. The highest BCUT2D eigenvalue weighted by molar-refractivity contribution is 7.92. The van der Waals surface area contributed by atoms with Crippen LogP contribution in [0.3, 0.4) is 0 Å². The van der Waals surface area contributed by atoms with Crippen LogP contribution in [-0.2, 0) is 16.3 Å². The first-order valence-electron chi connectivity index (χ1n) is 5.74. The maximum absolute atomic E-state index is 11.7. The lowest BCUT2D eigenvalue weighted by molar-refractivity contribution is 0.496. The number of aryl methyl sites for hydroxylation is 1. The van der Waals surface area contributed by atoms with Crippen LogP contribution >= 0.6 is 0 Å². The van der Waals surface area contributed by atoms with Gasteiger partial charge in [0.1, 0.15) is 0 Å². The molecule has 0 aromatic heterocycles. The Morgan fingerprint density at radius 2 is 1.94 bits per heavy atom. The first-order valence-corrected chi connectivity index (χ1v) is 7.63. The predicted octanol–water partition coefficient (Wildman–Crippen LogP) is 2.07. The molecule has 0 aliphatic carbocycles. The van der Waals surface area contributed by atoms with E-state index in [1.165, 1.54) is 11.8 Å². The first-order chi connectivity index (χ1) is 7.70. The van der Waals surface area contributed by atoms with E-state index in [0.717, 1.165) is 12.0 Å². The Labute approximate surface area is 104 Å². The molecule has 3 nitrogen and oxygen atoms in total. The van der Waals surface area contributed by atoms with E-state index >= 15 is 0 Å². The van der Waals surface area contributed by atoms with Crippen molar-refractivity contribution in [3.05, 3.63) is 35.4 Å². The first kappa shape index (κ1) is 14.2. The minimum absolute atomic E-state index is 0.510. The topological polar surface area (TPSA) is 60.2 Å². The Bertz CT molecular complexity index is 492. The molecular formula is C13H21NO2S. The standard InChI is InChI=1S/C13H21NO2S/c1-5-10-7-6-8-11(9-10)12(14)13(2,3)17(4,15)16/h6-9,12H,5,14H2,1-4H3. The number of sulfone groups is 1. The highest BCUT2D eigenvalue weighted by Crippen LogP contribution is 2.30. The molecule has 0 spiro atoms. The van der Waals surface area contributed by atoms with Crippen molar-refractivity contribution in [3.63, 3.8) is 0 Å². The van der Waals surface area contributed by atoms with Gasteiger partial charge in [-0.25, -0.2) is 8.42 Å². The Morgan fingerprint density at radius 1 is 1.35 bits per heavy atom. The fraction of sp³-hybridized carbons (Fsp3) is 0.538. The second-order valence-electron chi connectivity index (χ2n) is 4.95. The molecule has 96 valence electrons. The highest BCUT2D eigenvalue weighted by Gasteiger charge is 2.37. The van der Waals surface area contributed by atoms with Crippen molar-refractivity contribution in [1.82, 2.24) is 0 Å². The van der Waals surface area contributed by atoms with Crippen molar-refractivity contribution in [2.24, 2.45) is 5.73 Å². The molecule has 0 amide bonds. The van der Waals surface area contributed by atoms with E-state index in [1.54, 1.807) is 13.8 Å². The van der Waals surface area contributed by atoms with Crippen molar-refractivity contribution < 1.29 is 8.42 Å². The fourth-order valence-corrected chi connectivity index (χ4v) is 2.24. The van der Waals surface area contributed by atoms with E-state index < -0.39 is 20.6 Å². The van der Waals surface area contributed by atoms with Gasteiger partial charge in [-0.15, -0.1) is 0 Å². The monoisotopic (exact) mass is 255 g/mol. The van der Waals surface area contributed by atoms with Gasteiger partial charge in [0.05, 0.1) is 4.75 Å². The van der Waals surface area contributed by atoms with Crippen LogP contribution in [0.4, 0.5) is 0 Å². The van der Waals surface area contributed by atoms with Crippen LogP contribution in [-0.4, -0.2) is 19.4 Å². The summed E-state index contributed by atoms with van der Waals surface area (Å²) in [5.74, 6) is 0. The van der Waals surface area contributed by atoms with Crippen LogP contribution < -0.4 is 5.73 Å². The second kappa shape index (κ2) is 4.78. The van der Waals surface area contributed by atoms with E-state index in [9.17, 15) is 8.42 Å². The molecule has 0 fully saturated rings. The van der Waals surface area contributed by atoms with E-state index in [0.29, 0.717) is 0 Å². The summed E-state index contributed by atoms with van der Waals surface area (Å²) < 4.78 is 22.5. The van der Waals surface area contributed by atoms with Gasteiger partial charge in [-0.05, 0) is 31.4 Å². The quantitative estimate of drug-likeness (QED) is 0.896. The maximum Gasteiger partial charge on any atom is 0.154 e. The molecule has 0 aliphatic heterocycles. The van der Waals surface area contributed by atoms with E-state index in [2.05, 4.69) is 6.92 Å². The van der Waals surface area contributed by atoms with Crippen LogP contribution in [0.1, 0.15) is 37.9 Å². The number of nitrogens with two attached hydrogens (primary N) is 1. The normalized spacial score (nSPS) is 14.6. The summed E-state index contributed by atoms with van der Waals surface area (Å²) in [4.78, 5) is 0.